The van der Waals surface area contributed by atoms with E-state index in [2.05, 4.69) is 9.97 Å². The van der Waals surface area contributed by atoms with Crippen LogP contribution in [0.4, 0.5) is 0 Å². The van der Waals surface area contributed by atoms with Gasteiger partial charge in [-0.3, -0.25) is 14.8 Å². The smallest absolute Gasteiger partial charge is 0.335 e. The summed E-state index contributed by atoms with van der Waals surface area (Å²) in [4.78, 5) is 34.4. The summed E-state index contributed by atoms with van der Waals surface area (Å²) in [5.41, 5.74) is 2.59. The molecule has 0 aliphatic carbocycles. The lowest BCUT2D eigenvalue weighted by Gasteiger charge is -2.26. The van der Waals surface area contributed by atoms with Crippen LogP contribution in [0.5, 0.6) is 0 Å². The minimum Gasteiger partial charge on any atom is -0.478 e. The zero-order valence-corrected chi connectivity index (χ0v) is 14.8. The number of nitrogens with zero attached hydrogens (tertiary/aromatic N) is 4. The minimum atomic E-state index is -1.02. The molecule has 0 atom stereocenters. The van der Waals surface area contributed by atoms with E-state index in [1.807, 2.05) is 23.7 Å². The Morgan fingerprint density at radius 1 is 1.11 bits per heavy atom. The van der Waals surface area contributed by atoms with Crippen LogP contribution in [0.25, 0.3) is 22.3 Å². The van der Waals surface area contributed by atoms with Gasteiger partial charge < -0.3 is 19.3 Å². The Morgan fingerprint density at radius 2 is 1.85 bits per heavy atom. The number of ether oxygens (including phenoxy) is 1. The summed E-state index contributed by atoms with van der Waals surface area (Å²) >= 11 is 0. The van der Waals surface area contributed by atoms with Crippen LogP contribution in [-0.4, -0.2) is 62.7 Å². The molecule has 0 bridgehead atoms. The average Bonchev–Trinajstić information content (AvgIpc) is 3.04. The van der Waals surface area contributed by atoms with Gasteiger partial charge in [-0.1, -0.05) is 0 Å². The van der Waals surface area contributed by atoms with Gasteiger partial charge in [0.15, 0.2) is 0 Å². The maximum atomic E-state index is 12.8. The van der Waals surface area contributed by atoms with E-state index in [1.54, 1.807) is 11.1 Å². The largest absolute Gasteiger partial charge is 0.478 e. The Morgan fingerprint density at radius 3 is 2.59 bits per heavy atom. The predicted molar refractivity (Wildman–Crippen MR) is 97.6 cm³/mol. The lowest BCUT2D eigenvalue weighted by molar-refractivity contribution is 0.0297. The van der Waals surface area contributed by atoms with Crippen molar-refractivity contribution in [2.24, 2.45) is 7.05 Å². The maximum absolute atomic E-state index is 12.8. The van der Waals surface area contributed by atoms with Gasteiger partial charge >= 0.3 is 5.97 Å². The number of hydrogen-bond donors (Lipinski definition) is 1. The molecular weight excluding hydrogens is 348 g/mol. The van der Waals surface area contributed by atoms with Gasteiger partial charge in [-0.2, -0.15) is 0 Å². The van der Waals surface area contributed by atoms with Crippen molar-refractivity contribution >= 4 is 22.8 Å². The van der Waals surface area contributed by atoms with Crippen molar-refractivity contribution in [1.82, 2.24) is 19.4 Å². The third kappa shape index (κ3) is 3.15. The van der Waals surface area contributed by atoms with Gasteiger partial charge in [-0.05, 0) is 24.3 Å². The number of morpholine rings is 1. The number of carbonyl (C=O) groups is 2. The molecule has 0 saturated carbocycles. The Hall–Kier alpha value is -3.26. The van der Waals surface area contributed by atoms with Crippen LogP contribution in [-0.2, 0) is 11.8 Å². The van der Waals surface area contributed by atoms with Crippen molar-refractivity contribution in [3.8, 4) is 11.4 Å². The van der Waals surface area contributed by atoms with Crippen LogP contribution in [0.2, 0.25) is 0 Å². The minimum absolute atomic E-state index is 0.0375. The van der Waals surface area contributed by atoms with Crippen molar-refractivity contribution in [2.75, 3.05) is 26.3 Å². The number of aryl methyl sites for hydroxylation is 1. The van der Waals surface area contributed by atoms with Gasteiger partial charge in [-0.15, -0.1) is 0 Å². The first-order valence-electron chi connectivity index (χ1n) is 8.57. The van der Waals surface area contributed by atoms with Gasteiger partial charge in [0.2, 0.25) is 0 Å². The van der Waals surface area contributed by atoms with Crippen LogP contribution in [0, 0.1) is 0 Å². The Balaban J connectivity index is 1.72. The zero-order valence-electron chi connectivity index (χ0n) is 14.8. The number of fused-ring (bicyclic) bond motifs is 1. The molecule has 8 nitrogen and oxygen atoms in total. The molecule has 4 heterocycles. The van der Waals surface area contributed by atoms with E-state index in [0.717, 1.165) is 10.9 Å². The monoisotopic (exact) mass is 366 g/mol. The molecule has 0 spiro atoms. The second-order valence-electron chi connectivity index (χ2n) is 6.36. The predicted octanol–water partition coefficient (Wildman–Crippen LogP) is 1.81. The van der Waals surface area contributed by atoms with Gasteiger partial charge in [-0.25, -0.2) is 4.79 Å². The first-order valence-corrected chi connectivity index (χ1v) is 8.57. The van der Waals surface area contributed by atoms with Crippen LogP contribution in [0.3, 0.4) is 0 Å². The molecular formula is C19H18N4O4. The van der Waals surface area contributed by atoms with E-state index < -0.39 is 5.97 Å². The van der Waals surface area contributed by atoms with Gasteiger partial charge in [0.25, 0.3) is 5.91 Å². The number of amides is 1. The molecule has 4 rings (SSSR count). The molecule has 1 amide bonds. The van der Waals surface area contributed by atoms with Crippen LogP contribution in [0.15, 0.2) is 36.7 Å². The molecule has 0 aromatic carbocycles. The third-order valence-corrected chi connectivity index (χ3v) is 4.72. The summed E-state index contributed by atoms with van der Waals surface area (Å²) in [5.74, 6) is -1.05. The Labute approximate surface area is 155 Å². The molecule has 0 radical (unpaired) electrons. The van der Waals surface area contributed by atoms with E-state index in [4.69, 9.17) is 9.84 Å². The van der Waals surface area contributed by atoms with E-state index >= 15 is 0 Å². The fourth-order valence-electron chi connectivity index (χ4n) is 3.21. The number of carboxylic acids is 1. The number of rotatable bonds is 3. The fraction of sp³-hybridized carbons (Fsp3) is 0.263. The van der Waals surface area contributed by atoms with E-state index in [0.29, 0.717) is 43.4 Å². The molecule has 0 unspecified atom stereocenters. The van der Waals surface area contributed by atoms with E-state index in [1.165, 1.54) is 18.3 Å². The lowest BCUT2D eigenvalue weighted by Crippen LogP contribution is -2.41. The summed E-state index contributed by atoms with van der Waals surface area (Å²) in [6.07, 6.45) is 3.12. The highest BCUT2D eigenvalue weighted by atomic mass is 16.5. The molecule has 1 aliphatic heterocycles. The molecule has 27 heavy (non-hydrogen) atoms. The SMILES string of the molecule is Cn1c(C(=O)N2CCOCC2)cc2cc(-c3cc(C(=O)O)ccn3)ncc21. The highest BCUT2D eigenvalue weighted by Crippen LogP contribution is 2.24. The topological polar surface area (TPSA) is 97.5 Å². The molecule has 1 aliphatic rings. The van der Waals surface area contributed by atoms with Crippen molar-refractivity contribution in [3.63, 3.8) is 0 Å². The van der Waals surface area contributed by atoms with Crippen LogP contribution >= 0.6 is 0 Å². The summed E-state index contributed by atoms with van der Waals surface area (Å²) in [6.45, 7) is 2.26. The standard InChI is InChI=1S/C19H18N4O4/c1-22-16(18(24)23-4-6-27-7-5-23)10-13-9-15(21-11-17(13)22)14-8-12(19(25)26)2-3-20-14/h2-3,8-11H,4-7H2,1H3,(H,25,26). The molecule has 1 N–H and O–H groups in total. The zero-order chi connectivity index (χ0) is 19.0. The van der Waals surface area contributed by atoms with Gasteiger partial charge in [0.1, 0.15) is 5.69 Å². The maximum Gasteiger partial charge on any atom is 0.335 e. The number of hydrogen-bond acceptors (Lipinski definition) is 5. The van der Waals surface area contributed by atoms with Crippen LogP contribution < -0.4 is 0 Å². The average molecular weight is 366 g/mol. The quantitative estimate of drug-likeness (QED) is 0.759. The van der Waals surface area contributed by atoms with Gasteiger partial charge in [0, 0.05) is 31.7 Å². The van der Waals surface area contributed by atoms with Crippen LogP contribution in [0.1, 0.15) is 20.8 Å². The molecule has 1 saturated heterocycles. The lowest BCUT2D eigenvalue weighted by atomic mass is 10.1. The first-order chi connectivity index (χ1) is 13.0. The molecule has 3 aromatic heterocycles. The third-order valence-electron chi connectivity index (χ3n) is 4.72. The van der Waals surface area contributed by atoms with Crippen molar-refractivity contribution in [2.45, 2.75) is 0 Å². The highest BCUT2D eigenvalue weighted by Gasteiger charge is 2.22. The molecule has 8 heteroatoms. The van der Waals surface area contributed by atoms with Crippen molar-refractivity contribution < 1.29 is 19.4 Å². The second kappa shape index (κ2) is 6.81. The molecule has 138 valence electrons. The summed E-state index contributed by atoms with van der Waals surface area (Å²) in [5, 5.41) is 10.00. The number of carbonyl (C=O) groups excluding carboxylic acids is 1. The van der Waals surface area contributed by atoms with E-state index in [9.17, 15) is 9.59 Å². The first kappa shape index (κ1) is 17.2. The Bertz CT molecular complexity index is 1040. The van der Waals surface area contributed by atoms with Crippen molar-refractivity contribution in [3.05, 3.63) is 47.9 Å². The normalized spacial score (nSPS) is 14.5. The number of aromatic carboxylic acids is 1. The van der Waals surface area contributed by atoms with Gasteiger partial charge in [0.05, 0.1) is 41.9 Å². The van der Waals surface area contributed by atoms with E-state index in [-0.39, 0.29) is 11.5 Å². The number of pyridine rings is 2. The summed E-state index contributed by atoms with van der Waals surface area (Å²) < 4.78 is 7.13. The summed E-state index contributed by atoms with van der Waals surface area (Å²) in [6, 6.07) is 6.57. The number of aromatic nitrogens is 3. The fourth-order valence-corrected chi connectivity index (χ4v) is 3.21. The van der Waals surface area contributed by atoms with Crippen molar-refractivity contribution in [1.29, 1.82) is 0 Å². The molecule has 1 fully saturated rings. The number of carboxylic acid groups (broad SMARTS) is 1. The molecule has 3 aromatic rings. The Kier molecular flexibility index (Phi) is 4.33. The summed E-state index contributed by atoms with van der Waals surface area (Å²) in [7, 11) is 1.83. The second-order valence-corrected chi connectivity index (χ2v) is 6.36. The highest BCUT2D eigenvalue weighted by molar-refractivity contribution is 5.99.